The van der Waals surface area contributed by atoms with Gasteiger partial charge in [0.15, 0.2) is 0 Å². The summed E-state index contributed by atoms with van der Waals surface area (Å²) in [5.41, 5.74) is -0.112. The molecule has 110 valence electrons. The van der Waals surface area contributed by atoms with E-state index in [1.165, 1.54) is 12.1 Å². The van der Waals surface area contributed by atoms with Gasteiger partial charge >= 0.3 is 5.97 Å². The first-order chi connectivity index (χ1) is 10.5. The number of phenols is 1. The number of ether oxygens (including phenoxy) is 1. The van der Waals surface area contributed by atoms with Crippen LogP contribution in [-0.2, 0) is 0 Å². The highest BCUT2D eigenvalue weighted by molar-refractivity contribution is 14.1. The molecule has 0 aromatic heterocycles. The van der Waals surface area contributed by atoms with Crippen LogP contribution in [0.4, 0.5) is 0 Å². The summed E-state index contributed by atoms with van der Waals surface area (Å²) in [5, 5.41) is 20.2. The molecule has 3 rings (SSSR count). The first-order valence-electron chi connectivity index (χ1n) is 6.46. The molecule has 2 N–H and O–H groups in total. The van der Waals surface area contributed by atoms with Crippen LogP contribution >= 0.6 is 22.6 Å². The largest absolute Gasteiger partial charge is 0.507 e. The summed E-state index contributed by atoms with van der Waals surface area (Å²) in [5.74, 6) is -0.0765. The fourth-order valence-corrected chi connectivity index (χ4v) is 2.50. The number of aromatic carboxylic acids is 1. The van der Waals surface area contributed by atoms with Gasteiger partial charge in [-0.05, 0) is 81.9 Å². The SMILES string of the molecule is O=C(O)c1cc2ccc(Oc3ccc(I)cc3)cc2cc1O. The number of halogens is 1. The van der Waals surface area contributed by atoms with Crippen molar-refractivity contribution in [3.8, 4) is 17.2 Å². The molecule has 0 unspecified atom stereocenters. The van der Waals surface area contributed by atoms with Crippen molar-refractivity contribution in [1.29, 1.82) is 0 Å². The van der Waals surface area contributed by atoms with Crippen molar-refractivity contribution in [2.24, 2.45) is 0 Å². The number of benzene rings is 3. The maximum atomic E-state index is 11.0. The summed E-state index contributed by atoms with van der Waals surface area (Å²) in [6.45, 7) is 0. The quantitative estimate of drug-likeness (QED) is 0.622. The molecule has 0 atom stereocenters. The zero-order valence-electron chi connectivity index (χ0n) is 11.3. The topological polar surface area (TPSA) is 66.8 Å². The highest BCUT2D eigenvalue weighted by Crippen LogP contribution is 2.30. The second-order valence-electron chi connectivity index (χ2n) is 4.74. The smallest absolute Gasteiger partial charge is 0.339 e. The molecule has 0 saturated heterocycles. The fourth-order valence-electron chi connectivity index (χ4n) is 2.14. The van der Waals surface area contributed by atoms with E-state index < -0.39 is 5.97 Å². The Labute approximate surface area is 140 Å². The Morgan fingerprint density at radius 1 is 0.909 bits per heavy atom. The van der Waals surface area contributed by atoms with Gasteiger partial charge in [0.2, 0.25) is 0 Å². The number of hydrogen-bond acceptors (Lipinski definition) is 3. The predicted octanol–water partition coefficient (Wildman–Crippen LogP) is 4.64. The third kappa shape index (κ3) is 2.99. The fraction of sp³-hybridized carbons (Fsp3) is 0. The molecule has 0 aliphatic rings. The van der Waals surface area contributed by atoms with Crippen LogP contribution in [0.15, 0.2) is 54.6 Å². The van der Waals surface area contributed by atoms with E-state index in [0.717, 1.165) is 8.96 Å². The Balaban J connectivity index is 1.97. The van der Waals surface area contributed by atoms with Crippen LogP contribution in [0.1, 0.15) is 10.4 Å². The average Bonchev–Trinajstić information content (AvgIpc) is 2.48. The number of rotatable bonds is 3. The van der Waals surface area contributed by atoms with Crippen LogP contribution in [0, 0.1) is 3.57 Å². The van der Waals surface area contributed by atoms with Gasteiger partial charge in [-0.3, -0.25) is 0 Å². The Hall–Kier alpha value is -2.28. The summed E-state index contributed by atoms with van der Waals surface area (Å²) < 4.78 is 6.88. The second-order valence-corrected chi connectivity index (χ2v) is 5.99. The molecule has 5 heteroatoms. The Morgan fingerprint density at radius 2 is 1.59 bits per heavy atom. The summed E-state index contributed by atoms with van der Waals surface area (Å²) in [7, 11) is 0. The third-order valence-corrected chi connectivity index (χ3v) is 3.93. The van der Waals surface area contributed by atoms with Crippen LogP contribution < -0.4 is 4.74 Å². The molecular weight excluding hydrogens is 395 g/mol. The number of carboxylic acids is 1. The molecular formula is C17H11IO4. The van der Waals surface area contributed by atoms with Crippen molar-refractivity contribution in [2.45, 2.75) is 0 Å². The minimum absolute atomic E-state index is 0.112. The lowest BCUT2D eigenvalue weighted by molar-refractivity contribution is 0.0694. The van der Waals surface area contributed by atoms with Crippen LogP contribution in [0.2, 0.25) is 0 Å². The van der Waals surface area contributed by atoms with Crippen LogP contribution in [0.3, 0.4) is 0 Å². The number of fused-ring (bicyclic) bond motifs is 1. The van der Waals surface area contributed by atoms with Crippen molar-refractivity contribution in [3.63, 3.8) is 0 Å². The van der Waals surface area contributed by atoms with E-state index in [4.69, 9.17) is 9.84 Å². The lowest BCUT2D eigenvalue weighted by Gasteiger charge is -2.08. The highest BCUT2D eigenvalue weighted by atomic mass is 127. The standard InChI is InChI=1S/C17H11IO4/c18-12-2-5-13(6-3-12)22-14-4-1-10-8-15(17(20)21)16(19)9-11(10)7-14/h1-9,19H,(H,20,21). The molecule has 0 radical (unpaired) electrons. The van der Waals surface area contributed by atoms with E-state index in [1.54, 1.807) is 18.2 Å². The van der Waals surface area contributed by atoms with Crippen molar-refractivity contribution < 1.29 is 19.7 Å². The van der Waals surface area contributed by atoms with E-state index in [1.807, 2.05) is 24.3 Å². The van der Waals surface area contributed by atoms with Crippen LogP contribution in [-0.4, -0.2) is 16.2 Å². The molecule has 0 fully saturated rings. The zero-order valence-corrected chi connectivity index (χ0v) is 13.4. The summed E-state index contributed by atoms with van der Waals surface area (Å²) in [6.07, 6.45) is 0. The van der Waals surface area contributed by atoms with Gasteiger partial charge in [-0.1, -0.05) is 6.07 Å². The van der Waals surface area contributed by atoms with Crippen LogP contribution in [0.5, 0.6) is 17.2 Å². The van der Waals surface area contributed by atoms with Gasteiger partial charge < -0.3 is 14.9 Å². The normalized spacial score (nSPS) is 10.6. The first-order valence-corrected chi connectivity index (χ1v) is 7.54. The Kier molecular flexibility index (Phi) is 3.89. The van der Waals surface area contributed by atoms with Gasteiger partial charge in [0, 0.05) is 3.57 Å². The summed E-state index contributed by atoms with van der Waals surface area (Å²) in [4.78, 5) is 11.0. The first kappa shape index (κ1) is 14.6. The Morgan fingerprint density at radius 3 is 2.27 bits per heavy atom. The molecule has 22 heavy (non-hydrogen) atoms. The number of aromatic hydroxyl groups is 1. The van der Waals surface area contributed by atoms with E-state index in [0.29, 0.717) is 16.9 Å². The molecule has 0 saturated carbocycles. The number of hydrogen-bond donors (Lipinski definition) is 2. The zero-order chi connectivity index (χ0) is 15.7. The molecule has 3 aromatic rings. The van der Waals surface area contributed by atoms with Gasteiger partial charge in [-0.25, -0.2) is 4.79 Å². The minimum Gasteiger partial charge on any atom is -0.507 e. The molecule has 0 heterocycles. The Bertz CT molecular complexity index is 856. The molecule has 0 bridgehead atoms. The average molecular weight is 406 g/mol. The van der Waals surface area contributed by atoms with Gasteiger partial charge in [0.25, 0.3) is 0 Å². The van der Waals surface area contributed by atoms with E-state index in [9.17, 15) is 9.90 Å². The maximum Gasteiger partial charge on any atom is 0.339 e. The summed E-state index contributed by atoms with van der Waals surface area (Å²) in [6, 6.07) is 15.8. The molecule has 4 nitrogen and oxygen atoms in total. The number of carbonyl (C=O) groups is 1. The molecule has 0 spiro atoms. The van der Waals surface area contributed by atoms with E-state index in [2.05, 4.69) is 22.6 Å². The van der Waals surface area contributed by atoms with E-state index in [-0.39, 0.29) is 11.3 Å². The molecule has 0 aliphatic heterocycles. The van der Waals surface area contributed by atoms with Gasteiger partial charge in [-0.2, -0.15) is 0 Å². The third-order valence-electron chi connectivity index (χ3n) is 3.21. The molecule has 0 amide bonds. The van der Waals surface area contributed by atoms with Crippen molar-refractivity contribution in [2.75, 3.05) is 0 Å². The number of carboxylic acid groups (broad SMARTS) is 1. The van der Waals surface area contributed by atoms with E-state index >= 15 is 0 Å². The summed E-state index contributed by atoms with van der Waals surface area (Å²) >= 11 is 2.22. The second kappa shape index (κ2) is 5.84. The van der Waals surface area contributed by atoms with Crippen LogP contribution in [0.25, 0.3) is 10.8 Å². The van der Waals surface area contributed by atoms with Gasteiger partial charge in [-0.15, -0.1) is 0 Å². The lowest BCUT2D eigenvalue weighted by atomic mass is 10.1. The van der Waals surface area contributed by atoms with Crippen molar-refractivity contribution in [1.82, 2.24) is 0 Å². The van der Waals surface area contributed by atoms with Crippen molar-refractivity contribution in [3.05, 3.63) is 63.7 Å². The predicted molar refractivity (Wildman–Crippen MR) is 91.8 cm³/mol. The lowest BCUT2D eigenvalue weighted by Crippen LogP contribution is -1.96. The monoisotopic (exact) mass is 406 g/mol. The van der Waals surface area contributed by atoms with Gasteiger partial charge in [0.1, 0.15) is 22.8 Å². The highest BCUT2D eigenvalue weighted by Gasteiger charge is 2.11. The molecule has 3 aromatic carbocycles. The van der Waals surface area contributed by atoms with Crippen molar-refractivity contribution >= 4 is 39.3 Å². The van der Waals surface area contributed by atoms with Gasteiger partial charge in [0.05, 0.1) is 0 Å². The maximum absolute atomic E-state index is 11.0. The minimum atomic E-state index is -1.15. The molecule has 0 aliphatic carbocycles.